The first-order chi connectivity index (χ1) is 14.5. The van der Waals surface area contributed by atoms with Gasteiger partial charge in [-0.15, -0.1) is 11.8 Å². The molecule has 31 heavy (non-hydrogen) atoms. The molecule has 3 amide bonds. The average Bonchev–Trinajstić information content (AvgIpc) is 3.14. The van der Waals surface area contributed by atoms with Crippen LogP contribution in [0.15, 0.2) is 24.3 Å². The first-order valence-corrected chi connectivity index (χ1v) is 11.3. The number of rotatable bonds is 7. The van der Waals surface area contributed by atoms with Crippen LogP contribution < -0.4 is 10.6 Å². The van der Waals surface area contributed by atoms with Crippen molar-refractivity contribution in [2.45, 2.75) is 69.3 Å². The number of amides is 3. The van der Waals surface area contributed by atoms with Crippen molar-refractivity contribution < 1.29 is 24.3 Å². The van der Waals surface area contributed by atoms with Gasteiger partial charge in [0, 0.05) is 10.3 Å². The summed E-state index contributed by atoms with van der Waals surface area (Å²) in [5.74, 6) is -2.57. The minimum absolute atomic E-state index is 0.196. The molecule has 5 atom stereocenters. The van der Waals surface area contributed by atoms with Gasteiger partial charge in [0.15, 0.2) is 0 Å². The van der Waals surface area contributed by atoms with Crippen molar-refractivity contribution in [1.82, 2.24) is 15.5 Å². The molecule has 1 saturated heterocycles. The molecular weight excluding hydrogens is 418 g/mol. The molecule has 2 aliphatic heterocycles. The molecule has 9 heteroatoms. The molecule has 1 fully saturated rings. The number of carbonyl (C=O) groups is 4. The summed E-state index contributed by atoms with van der Waals surface area (Å²) in [6, 6.07) is 4.59. The highest BCUT2D eigenvalue weighted by atomic mass is 32.2. The first kappa shape index (κ1) is 23.1. The van der Waals surface area contributed by atoms with E-state index in [9.17, 15) is 24.3 Å². The molecule has 1 aromatic carbocycles. The van der Waals surface area contributed by atoms with Crippen LogP contribution in [-0.2, 0) is 14.4 Å². The lowest BCUT2D eigenvalue weighted by Crippen LogP contribution is -2.58. The number of hydrogen-bond acceptors (Lipinski definition) is 5. The largest absolute Gasteiger partial charge is 0.480 e. The normalized spacial score (nSPS) is 24.0. The standard InChI is InChI=1S/C22H29N3O5S/c1-6-11(2)15(21(29)30)24-17(26)12(3)23-18(27)16-22(4,5)31-20-14-10-8-7-9-13(14)19(28)25(16)20/h7-12,15-16,20H,6H2,1-5H3,(H,23,27)(H,24,26)(H,29,30)/t11-,12-,15-,16-,20+/m0/s1. The number of nitrogens with zero attached hydrogens (tertiary/aromatic N) is 1. The van der Waals surface area contributed by atoms with Crippen LogP contribution in [0.1, 0.15) is 62.3 Å². The molecule has 0 unspecified atom stereocenters. The van der Waals surface area contributed by atoms with E-state index < -0.39 is 40.7 Å². The van der Waals surface area contributed by atoms with Gasteiger partial charge >= 0.3 is 5.97 Å². The van der Waals surface area contributed by atoms with Crippen LogP contribution in [0.2, 0.25) is 0 Å². The molecule has 0 spiro atoms. The molecular formula is C22H29N3O5S. The Bertz CT molecular complexity index is 918. The SMILES string of the molecule is CC[C@H](C)[C@H](NC(=O)[C@H](C)NC(=O)[C@@H]1N2C(=O)c3ccccc3[C@H]2SC1(C)C)C(=O)O. The van der Waals surface area contributed by atoms with Crippen molar-refractivity contribution in [3.63, 3.8) is 0 Å². The third kappa shape index (κ3) is 4.15. The zero-order valence-electron chi connectivity index (χ0n) is 18.3. The Morgan fingerprint density at radius 1 is 1.19 bits per heavy atom. The Balaban J connectivity index is 1.74. The summed E-state index contributed by atoms with van der Waals surface area (Å²) < 4.78 is -0.561. The number of nitrogens with one attached hydrogen (secondary N) is 2. The number of thioether (sulfide) groups is 1. The maximum absolute atomic E-state index is 13.2. The summed E-state index contributed by atoms with van der Waals surface area (Å²) >= 11 is 1.54. The van der Waals surface area contributed by atoms with Gasteiger partial charge in [-0.1, -0.05) is 38.5 Å². The van der Waals surface area contributed by atoms with E-state index in [1.807, 2.05) is 32.9 Å². The van der Waals surface area contributed by atoms with E-state index in [-0.39, 0.29) is 17.2 Å². The number of benzene rings is 1. The van der Waals surface area contributed by atoms with E-state index in [1.165, 1.54) is 6.92 Å². The van der Waals surface area contributed by atoms with E-state index in [0.29, 0.717) is 12.0 Å². The topological polar surface area (TPSA) is 116 Å². The Morgan fingerprint density at radius 3 is 2.45 bits per heavy atom. The van der Waals surface area contributed by atoms with Crippen LogP contribution in [-0.4, -0.2) is 56.6 Å². The molecule has 0 saturated carbocycles. The van der Waals surface area contributed by atoms with Crippen LogP contribution >= 0.6 is 11.8 Å². The molecule has 2 aliphatic rings. The fourth-order valence-electron chi connectivity index (χ4n) is 4.12. The van der Waals surface area contributed by atoms with Crippen molar-refractivity contribution in [3.8, 4) is 0 Å². The van der Waals surface area contributed by atoms with Crippen molar-refractivity contribution in [2.24, 2.45) is 5.92 Å². The Hall–Kier alpha value is -2.55. The lowest BCUT2D eigenvalue weighted by molar-refractivity contribution is -0.143. The van der Waals surface area contributed by atoms with Crippen LogP contribution in [0, 0.1) is 5.92 Å². The van der Waals surface area contributed by atoms with Gasteiger partial charge in [0.1, 0.15) is 23.5 Å². The molecule has 0 bridgehead atoms. The van der Waals surface area contributed by atoms with Gasteiger partial charge in [-0.3, -0.25) is 14.4 Å². The highest BCUT2D eigenvalue weighted by Crippen LogP contribution is 2.56. The summed E-state index contributed by atoms with van der Waals surface area (Å²) in [6.45, 7) is 8.92. The quantitative estimate of drug-likeness (QED) is 0.590. The zero-order valence-corrected chi connectivity index (χ0v) is 19.2. The van der Waals surface area contributed by atoms with E-state index in [4.69, 9.17) is 0 Å². The second-order valence-electron chi connectivity index (χ2n) is 8.72. The fraction of sp³-hybridized carbons (Fsp3) is 0.545. The smallest absolute Gasteiger partial charge is 0.326 e. The number of carboxylic acids is 1. The monoisotopic (exact) mass is 447 g/mol. The molecule has 1 aromatic rings. The van der Waals surface area contributed by atoms with Crippen molar-refractivity contribution in [2.75, 3.05) is 0 Å². The van der Waals surface area contributed by atoms with Gasteiger partial charge < -0.3 is 20.6 Å². The summed E-state index contributed by atoms with van der Waals surface area (Å²) in [6.07, 6.45) is 0.588. The summed E-state index contributed by atoms with van der Waals surface area (Å²) in [7, 11) is 0. The van der Waals surface area contributed by atoms with Crippen LogP contribution in [0.5, 0.6) is 0 Å². The maximum Gasteiger partial charge on any atom is 0.326 e. The average molecular weight is 448 g/mol. The molecule has 0 aromatic heterocycles. The molecule has 8 nitrogen and oxygen atoms in total. The number of aliphatic carboxylic acids is 1. The summed E-state index contributed by atoms with van der Waals surface area (Å²) in [4.78, 5) is 51.9. The first-order valence-electron chi connectivity index (χ1n) is 10.4. The van der Waals surface area contributed by atoms with Gasteiger partial charge in [0.05, 0.1) is 0 Å². The van der Waals surface area contributed by atoms with Crippen molar-refractivity contribution in [3.05, 3.63) is 35.4 Å². The molecule has 0 aliphatic carbocycles. The van der Waals surface area contributed by atoms with Crippen molar-refractivity contribution in [1.29, 1.82) is 0 Å². The maximum atomic E-state index is 13.2. The van der Waals surface area contributed by atoms with Gasteiger partial charge in [0.25, 0.3) is 5.91 Å². The molecule has 3 N–H and O–H groups in total. The van der Waals surface area contributed by atoms with E-state index in [0.717, 1.165) is 5.56 Å². The predicted molar refractivity (Wildman–Crippen MR) is 117 cm³/mol. The number of carbonyl (C=O) groups excluding carboxylic acids is 3. The second-order valence-corrected chi connectivity index (χ2v) is 10.5. The fourth-order valence-corrected chi connectivity index (χ4v) is 5.71. The van der Waals surface area contributed by atoms with Gasteiger partial charge in [-0.25, -0.2) is 4.79 Å². The molecule has 0 radical (unpaired) electrons. The lowest BCUT2D eigenvalue weighted by Gasteiger charge is -2.31. The highest BCUT2D eigenvalue weighted by Gasteiger charge is 2.57. The molecule has 2 heterocycles. The molecule has 168 valence electrons. The minimum atomic E-state index is -1.11. The summed E-state index contributed by atoms with van der Waals surface area (Å²) in [5, 5.41) is 14.3. The number of fused-ring (bicyclic) bond motifs is 3. The molecule has 3 rings (SSSR count). The third-order valence-corrected chi connectivity index (χ3v) is 7.61. The Labute approximate surface area is 186 Å². The minimum Gasteiger partial charge on any atom is -0.480 e. The second kappa shape index (κ2) is 8.53. The third-order valence-electron chi connectivity index (χ3n) is 6.07. The van der Waals surface area contributed by atoms with E-state index in [2.05, 4.69) is 10.6 Å². The highest BCUT2D eigenvalue weighted by molar-refractivity contribution is 8.01. The van der Waals surface area contributed by atoms with Gasteiger partial charge in [-0.05, 0) is 38.3 Å². The number of hydrogen-bond donors (Lipinski definition) is 3. The summed E-state index contributed by atoms with van der Waals surface area (Å²) in [5.41, 5.74) is 1.49. The van der Waals surface area contributed by atoms with Crippen molar-refractivity contribution >= 4 is 35.5 Å². The van der Waals surface area contributed by atoms with Crippen LogP contribution in [0.25, 0.3) is 0 Å². The van der Waals surface area contributed by atoms with E-state index in [1.54, 1.807) is 35.7 Å². The van der Waals surface area contributed by atoms with Gasteiger partial charge in [0.2, 0.25) is 11.8 Å². The van der Waals surface area contributed by atoms with E-state index >= 15 is 0 Å². The van der Waals surface area contributed by atoms with Crippen LogP contribution in [0.3, 0.4) is 0 Å². The van der Waals surface area contributed by atoms with Crippen LogP contribution in [0.4, 0.5) is 0 Å². The zero-order chi connectivity index (χ0) is 23.1. The van der Waals surface area contributed by atoms with Gasteiger partial charge in [-0.2, -0.15) is 0 Å². The Kier molecular flexibility index (Phi) is 6.36. The predicted octanol–water partition coefficient (Wildman–Crippen LogP) is 2.16. The Morgan fingerprint density at radius 2 is 1.84 bits per heavy atom. The lowest BCUT2D eigenvalue weighted by atomic mass is 9.98. The number of carboxylic acid groups (broad SMARTS) is 1.